The van der Waals surface area contributed by atoms with Crippen LogP contribution < -0.4 is 11.1 Å². The normalized spacial score (nSPS) is 12.6. The lowest BCUT2D eigenvalue weighted by molar-refractivity contribution is -0.117. The molecule has 1 unspecified atom stereocenters. The van der Waals surface area contributed by atoms with Crippen LogP contribution in [0.5, 0.6) is 0 Å². The van der Waals surface area contributed by atoms with Gasteiger partial charge in [-0.3, -0.25) is 4.79 Å². The first-order chi connectivity index (χ1) is 7.91. The van der Waals surface area contributed by atoms with Gasteiger partial charge in [0.1, 0.15) is 0 Å². The maximum Gasteiger partial charge on any atom is 0.241 e. The summed E-state index contributed by atoms with van der Waals surface area (Å²) in [6.07, 6.45) is 0.657. The Morgan fingerprint density at radius 3 is 2.76 bits per heavy atom. The van der Waals surface area contributed by atoms with Crippen LogP contribution in [0.3, 0.4) is 0 Å². The van der Waals surface area contributed by atoms with E-state index in [0.29, 0.717) is 27.5 Å². The first kappa shape index (κ1) is 14.5. The lowest BCUT2D eigenvalue weighted by Gasteiger charge is -2.15. The number of nitrogens with one attached hydrogen (secondary N) is 1. The summed E-state index contributed by atoms with van der Waals surface area (Å²) in [6.45, 7) is 4.06. The van der Waals surface area contributed by atoms with Crippen molar-refractivity contribution in [2.24, 2.45) is 11.7 Å². The number of rotatable bonds is 4. The number of amides is 1. The molecule has 0 bridgehead atoms. The molecular formula is C12H16BrClN2O. The van der Waals surface area contributed by atoms with Crippen LogP contribution in [0.25, 0.3) is 0 Å². The van der Waals surface area contributed by atoms with E-state index in [-0.39, 0.29) is 5.91 Å². The number of carbonyl (C=O) groups is 1. The van der Waals surface area contributed by atoms with Crippen LogP contribution in [-0.4, -0.2) is 11.9 Å². The van der Waals surface area contributed by atoms with E-state index in [2.05, 4.69) is 21.2 Å². The minimum absolute atomic E-state index is 0.193. The molecule has 1 aromatic rings. The lowest BCUT2D eigenvalue weighted by atomic mass is 10.0. The zero-order valence-electron chi connectivity index (χ0n) is 9.84. The highest BCUT2D eigenvalue weighted by Crippen LogP contribution is 2.30. The van der Waals surface area contributed by atoms with Gasteiger partial charge in [0.25, 0.3) is 0 Å². The van der Waals surface area contributed by atoms with Crippen molar-refractivity contribution in [1.29, 1.82) is 0 Å². The molecule has 0 heterocycles. The fourth-order valence-electron chi connectivity index (χ4n) is 1.44. The number of benzene rings is 1. The molecule has 3 N–H and O–H groups in total. The van der Waals surface area contributed by atoms with Crippen LogP contribution in [0.2, 0.25) is 5.02 Å². The molecule has 1 amide bonds. The molecule has 0 spiro atoms. The summed E-state index contributed by atoms with van der Waals surface area (Å²) in [6, 6.07) is 4.79. The van der Waals surface area contributed by atoms with Gasteiger partial charge < -0.3 is 11.1 Å². The highest BCUT2D eigenvalue weighted by atomic mass is 79.9. The monoisotopic (exact) mass is 318 g/mol. The summed E-state index contributed by atoms with van der Waals surface area (Å²) >= 11 is 9.25. The largest absolute Gasteiger partial charge is 0.324 e. The Balaban J connectivity index is 2.71. The van der Waals surface area contributed by atoms with E-state index < -0.39 is 6.04 Å². The molecule has 0 aromatic heterocycles. The van der Waals surface area contributed by atoms with Gasteiger partial charge in [0.15, 0.2) is 0 Å². The number of halogens is 2. The predicted octanol–water partition coefficient (Wildman–Crippen LogP) is 3.41. The van der Waals surface area contributed by atoms with E-state index in [9.17, 15) is 4.79 Å². The Labute approximate surface area is 115 Å². The van der Waals surface area contributed by atoms with E-state index in [1.165, 1.54) is 0 Å². The van der Waals surface area contributed by atoms with Crippen molar-refractivity contribution in [2.45, 2.75) is 26.3 Å². The van der Waals surface area contributed by atoms with Crippen molar-refractivity contribution < 1.29 is 4.79 Å². The zero-order chi connectivity index (χ0) is 13.0. The minimum atomic E-state index is -0.499. The van der Waals surface area contributed by atoms with Crippen molar-refractivity contribution in [1.82, 2.24) is 0 Å². The second-order valence-corrected chi connectivity index (χ2v) is 5.53. The molecule has 1 atom stereocenters. The standard InChI is InChI=1S/C12H16BrClN2O/c1-7(2)6-9(15)12(17)16-10-5-3-4-8(14)11(10)13/h3-5,7,9H,6,15H2,1-2H3,(H,16,17). The first-order valence-corrected chi connectivity index (χ1v) is 6.59. The molecule has 0 radical (unpaired) electrons. The van der Waals surface area contributed by atoms with Crippen molar-refractivity contribution in [3.63, 3.8) is 0 Å². The maximum absolute atomic E-state index is 11.8. The summed E-state index contributed by atoms with van der Waals surface area (Å²) in [5.74, 6) is 0.195. The van der Waals surface area contributed by atoms with E-state index in [1.54, 1.807) is 18.2 Å². The molecule has 0 fully saturated rings. The molecule has 0 saturated heterocycles. The smallest absolute Gasteiger partial charge is 0.241 e. The molecule has 0 aliphatic heterocycles. The van der Waals surface area contributed by atoms with E-state index in [1.807, 2.05) is 13.8 Å². The molecular weight excluding hydrogens is 304 g/mol. The summed E-state index contributed by atoms with van der Waals surface area (Å²) in [5, 5.41) is 3.32. The topological polar surface area (TPSA) is 55.1 Å². The zero-order valence-corrected chi connectivity index (χ0v) is 12.2. The predicted molar refractivity (Wildman–Crippen MR) is 75.2 cm³/mol. The highest BCUT2D eigenvalue weighted by Gasteiger charge is 2.16. The third-order valence-corrected chi connectivity index (χ3v) is 3.67. The summed E-state index contributed by atoms with van der Waals surface area (Å²) in [7, 11) is 0. The first-order valence-electron chi connectivity index (χ1n) is 5.42. The Hall–Kier alpha value is -0.580. The highest BCUT2D eigenvalue weighted by molar-refractivity contribution is 9.10. The van der Waals surface area contributed by atoms with Crippen LogP contribution in [0, 0.1) is 5.92 Å². The molecule has 94 valence electrons. The van der Waals surface area contributed by atoms with E-state index >= 15 is 0 Å². The molecule has 0 aliphatic rings. The second kappa shape index (κ2) is 6.38. The second-order valence-electron chi connectivity index (χ2n) is 4.33. The van der Waals surface area contributed by atoms with Crippen LogP contribution >= 0.6 is 27.5 Å². The van der Waals surface area contributed by atoms with E-state index in [0.717, 1.165) is 0 Å². The van der Waals surface area contributed by atoms with Crippen LogP contribution in [0.4, 0.5) is 5.69 Å². The molecule has 1 rings (SSSR count). The Morgan fingerprint density at radius 1 is 1.53 bits per heavy atom. The van der Waals surface area contributed by atoms with E-state index in [4.69, 9.17) is 17.3 Å². The molecule has 17 heavy (non-hydrogen) atoms. The van der Waals surface area contributed by atoms with Crippen LogP contribution in [-0.2, 0) is 4.79 Å². The summed E-state index contributed by atoms with van der Waals surface area (Å²) < 4.78 is 0.673. The van der Waals surface area contributed by atoms with Gasteiger partial charge in [-0.2, -0.15) is 0 Å². The van der Waals surface area contributed by atoms with Crippen molar-refractivity contribution in [3.8, 4) is 0 Å². The molecule has 3 nitrogen and oxygen atoms in total. The minimum Gasteiger partial charge on any atom is -0.324 e. The number of anilines is 1. The Morgan fingerprint density at radius 2 is 2.18 bits per heavy atom. The molecule has 0 aliphatic carbocycles. The SMILES string of the molecule is CC(C)CC(N)C(=O)Nc1cccc(Cl)c1Br. The number of nitrogens with two attached hydrogens (primary N) is 1. The van der Waals surface area contributed by atoms with Gasteiger partial charge in [-0.15, -0.1) is 0 Å². The van der Waals surface area contributed by atoms with Crippen molar-refractivity contribution >= 4 is 39.1 Å². The van der Waals surface area contributed by atoms with Gasteiger partial charge in [-0.05, 0) is 40.4 Å². The summed E-state index contributed by atoms with van der Waals surface area (Å²) in [5.41, 5.74) is 6.43. The molecule has 1 aromatic carbocycles. The van der Waals surface area contributed by atoms with Crippen molar-refractivity contribution in [3.05, 3.63) is 27.7 Å². The quantitative estimate of drug-likeness (QED) is 0.893. The van der Waals surface area contributed by atoms with Gasteiger partial charge in [0.2, 0.25) is 5.91 Å². The Kier molecular flexibility index (Phi) is 5.43. The van der Waals surface area contributed by atoms with Gasteiger partial charge in [-0.1, -0.05) is 31.5 Å². The van der Waals surface area contributed by atoms with Gasteiger partial charge >= 0.3 is 0 Å². The molecule has 0 saturated carbocycles. The lowest BCUT2D eigenvalue weighted by Crippen LogP contribution is -2.36. The maximum atomic E-state index is 11.8. The van der Waals surface area contributed by atoms with Crippen LogP contribution in [0.15, 0.2) is 22.7 Å². The van der Waals surface area contributed by atoms with Gasteiger partial charge in [0.05, 0.1) is 21.2 Å². The fraction of sp³-hybridized carbons (Fsp3) is 0.417. The third kappa shape index (κ3) is 4.30. The van der Waals surface area contributed by atoms with Crippen LogP contribution in [0.1, 0.15) is 20.3 Å². The van der Waals surface area contributed by atoms with Crippen molar-refractivity contribution in [2.75, 3.05) is 5.32 Å². The summed E-state index contributed by atoms with van der Waals surface area (Å²) in [4.78, 5) is 11.8. The number of hydrogen-bond donors (Lipinski definition) is 2. The van der Waals surface area contributed by atoms with Gasteiger partial charge in [-0.25, -0.2) is 0 Å². The average Bonchev–Trinajstić information content (AvgIpc) is 2.23. The number of carbonyl (C=O) groups excluding carboxylic acids is 1. The third-order valence-electron chi connectivity index (χ3n) is 2.27. The van der Waals surface area contributed by atoms with Gasteiger partial charge in [0, 0.05) is 0 Å². The number of hydrogen-bond acceptors (Lipinski definition) is 2. The fourth-order valence-corrected chi connectivity index (χ4v) is 1.98. The Bertz CT molecular complexity index is 409. The average molecular weight is 320 g/mol. The molecule has 5 heteroatoms.